The molecule has 1 N–H and O–H groups in total. The molecule has 1 nitrogen and oxygen atoms in total. The van der Waals surface area contributed by atoms with Crippen LogP contribution in [0, 0.1) is 5.92 Å². The first kappa shape index (κ1) is 17.0. The second-order valence-corrected chi connectivity index (χ2v) is 6.68. The van der Waals surface area contributed by atoms with Crippen LogP contribution in [0.4, 0.5) is 0 Å². The van der Waals surface area contributed by atoms with Crippen LogP contribution in [-0.4, -0.2) is 6.54 Å². The summed E-state index contributed by atoms with van der Waals surface area (Å²) in [5.74, 6) is 0.847. The fourth-order valence-corrected chi connectivity index (χ4v) is 3.06. The summed E-state index contributed by atoms with van der Waals surface area (Å²) in [6, 6.07) is 9.07. The summed E-state index contributed by atoms with van der Waals surface area (Å²) in [5, 5.41) is 3.58. The summed E-state index contributed by atoms with van der Waals surface area (Å²) in [6.45, 7) is 8.96. The van der Waals surface area contributed by atoms with Gasteiger partial charge in [0.05, 0.1) is 0 Å². The van der Waals surface area contributed by atoms with Crippen molar-refractivity contribution in [3.05, 3.63) is 53.1 Å². The maximum absolute atomic E-state index is 3.58. The lowest BCUT2D eigenvalue weighted by molar-refractivity contribution is 0.453. The van der Waals surface area contributed by atoms with E-state index in [1.807, 2.05) is 0 Å². The number of rotatable bonds is 9. The van der Waals surface area contributed by atoms with Gasteiger partial charge in [-0.3, -0.25) is 0 Å². The third-order valence-corrected chi connectivity index (χ3v) is 4.66. The lowest BCUT2D eigenvalue weighted by Crippen LogP contribution is -2.17. The van der Waals surface area contributed by atoms with Crippen LogP contribution in [0.15, 0.2) is 42.0 Å². The molecule has 120 valence electrons. The highest BCUT2D eigenvalue weighted by Gasteiger charge is 2.07. The first-order valence-corrected chi connectivity index (χ1v) is 8.87. The van der Waals surface area contributed by atoms with E-state index in [4.69, 9.17) is 0 Å². The number of hydrogen-bond donors (Lipinski definition) is 1. The molecule has 0 bridgehead atoms. The van der Waals surface area contributed by atoms with E-state index in [2.05, 4.69) is 62.5 Å². The van der Waals surface area contributed by atoms with Crippen LogP contribution >= 0.6 is 0 Å². The third-order valence-electron chi connectivity index (χ3n) is 4.66. The highest BCUT2D eigenvalue weighted by atomic mass is 14.8. The summed E-state index contributed by atoms with van der Waals surface area (Å²) in [5.41, 5.74) is 5.64. The van der Waals surface area contributed by atoms with Gasteiger partial charge in [-0.2, -0.15) is 0 Å². The molecule has 0 amide bonds. The molecule has 0 aliphatic heterocycles. The van der Waals surface area contributed by atoms with Crippen molar-refractivity contribution in [2.45, 2.75) is 59.4 Å². The zero-order valence-electron chi connectivity index (χ0n) is 14.5. The van der Waals surface area contributed by atoms with E-state index in [-0.39, 0.29) is 0 Å². The lowest BCUT2D eigenvalue weighted by Gasteiger charge is -2.12. The van der Waals surface area contributed by atoms with Crippen LogP contribution in [0.1, 0.15) is 64.0 Å². The van der Waals surface area contributed by atoms with Crippen LogP contribution < -0.4 is 5.32 Å². The van der Waals surface area contributed by atoms with Gasteiger partial charge in [-0.25, -0.2) is 0 Å². The van der Waals surface area contributed by atoms with E-state index in [1.165, 1.54) is 48.0 Å². The van der Waals surface area contributed by atoms with E-state index in [0.717, 1.165) is 25.4 Å². The average Bonchev–Trinajstić information content (AvgIpc) is 2.96. The van der Waals surface area contributed by atoms with Crippen LogP contribution in [-0.2, 0) is 6.54 Å². The zero-order chi connectivity index (χ0) is 15.8. The van der Waals surface area contributed by atoms with Crippen molar-refractivity contribution in [2.24, 2.45) is 5.92 Å². The second kappa shape index (κ2) is 8.95. The molecule has 0 fully saturated rings. The highest BCUT2D eigenvalue weighted by molar-refractivity contribution is 5.74. The molecule has 1 atom stereocenters. The van der Waals surface area contributed by atoms with Crippen LogP contribution in [0.3, 0.4) is 0 Å². The van der Waals surface area contributed by atoms with Crippen molar-refractivity contribution >= 4 is 5.57 Å². The standard InChI is InChI=1S/C21H31N/c1-4-5-7-17(2)14-15-22-16-19-10-12-20(13-11-19)21-9-6-8-18(21)3/h6,8,10-13,17,22H,4-5,7,9,14-16H2,1-3H3. The van der Waals surface area contributed by atoms with Crippen molar-refractivity contribution in [1.29, 1.82) is 0 Å². The van der Waals surface area contributed by atoms with Gasteiger partial charge in [0, 0.05) is 6.54 Å². The number of benzene rings is 1. The first-order valence-electron chi connectivity index (χ1n) is 8.87. The Bertz CT molecular complexity index is 507. The topological polar surface area (TPSA) is 12.0 Å². The number of unbranched alkanes of at least 4 members (excludes halogenated alkanes) is 1. The van der Waals surface area contributed by atoms with Gasteiger partial charge in [0.15, 0.2) is 0 Å². The van der Waals surface area contributed by atoms with Crippen LogP contribution in [0.5, 0.6) is 0 Å². The van der Waals surface area contributed by atoms with Gasteiger partial charge in [0.2, 0.25) is 0 Å². The van der Waals surface area contributed by atoms with Gasteiger partial charge < -0.3 is 5.32 Å². The Hall–Kier alpha value is -1.34. The van der Waals surface area contributed by atoms with Crippen molar-refractivity contribution < 1.29 is 0 Å². The zero-order valence-corrected chi connectivity index (χ0v) is 14.5. The van der Waals surface area contributed by atoms with Gasteiger partial charge in [-0.05, 0) is 54.5 Å². The molecule has 0 aromatic heterocycles. The molecule has 1 aromatic carbocycles. The molecular formula is C21H31N. The van der Waals surface area contributed by atoms with E-state index >= 15 is 0 Å². The van der Waals surface area contributed by atoms with Gasteiger partial charge in [0.1, 0.15) is 0 Å². The quantitative estimate of drug-likeness (QED) is 0.574. The lowest BCUT2D eigenvalue weighted by atomic mass is 10.00. The van der Waals surface area contributed by atoms with Crippen LogP contribution in [0.25, 0.3) is 5.57 Å². The van der Waals surface area contributed by atoms with Crippen molar-refractivity contribution in [2.75, 3.05) is 6.54 Å². The molecule has 0 saturated heterocycles. The molecule has 0 saturated carbocycles. The Labute approximate surface area is 136 Å². The Morgan fingerprint density at radius 3 is 2.55 bits per heavy atom. The van der Waals surface area contributed by atoms with E-state index in [1.54, 1.807) is 0 Å². The van der Waals surface area contributed by atoms with Crippen LogP contribution in [0.2, 0.25) is 0 Å². The molecule has 1 unspecified atom stereocenters. The number of hydrogen-bond acceptors (Lipinski definition) is 1. The smallest absolute Gasteiger partial charge is 0.0205 e. The normalized spacial score (nSPS) is 15.6. The fourth-order valence-electron chi connectivity index (χ4n) is 3.06. The van der Waals surface area contributed by atoms with E-state index in [0.29, 0.717) is 0 Å². The first-order chi connectivity index (χ1) is 10.7. The Morgan fingerprint density at radius 2 is 1.91 bits per heavy atom. The van der Waals surface area contributed by atoms with Gasteiger partial charge in [-0.1, -0.05) is 69.5 Å². The van der Waals surface area contributed by atoms with E-state index < -0.39 is 0 Å². The highest BCUT2D eigenvalue weighted by Crippen LogP contribution is 2.28. The summed E-state index contributed by atoms with van der Waals surface area (Å²) < 4.78 is 0. The molecular weight excluding hydrogens is 266 g/mol. The summed E-state index contributed by atoms with van der Waals surface area (Å²) in [7, 11) is 0. The molecule has 0 spiro atoms. The predicted molar refractivity (Wildman–Crippen MR) is 97.8 cm³/mol. The largest absolute Gasteiger partial charge is 0.313 e. The number of allylic oxidation sites excluding steroid dienone is 4. The minimum absolute atomic E-state index is 0.847. The molecule has 1 aliphatic carbocycles. The summed E-state index contributed by atoms with van der Waals surface area (Å²) in [4.78, 5) is 0. The number of nitrogens with one attached hydrogen (secondary N) is 1. The summed E-state index contributed by atoms with van der Waals surface area (Å²) >= 11 is 0. The monoisotopic (exact) mass is 297 g/mol. The maximum Gasteiger partial charge on any atom is 0.0205 e. The Balaban J connectivity index is 1.72. The molecule has 0 heterocycles. The maximum atomic E-state index is 3.58. The SMILES string of the molecule is CCCCC(C)CCNCc1ccc(C2=C(C)C=CC2)cc1. The predicted octanol–water partition coefficient (Wildman–Crippen LogP) is 5.73. The molecule has 22 heavy (non-hydrogen) atoms. The minimum atomic E-state index is 0.847. The molecule has 0 radical (unpaired) electrons. The Morgan fingerprint density at radius 1 is 1.14 bits per heavy atom. The molecule has 1 heteroatoms. The fraction of sp³-hybridized carbons (Fsp3) is 0.524. The van der Waals surface area contributed by atoms with Gasteiger partial charge in [-0.15, -0.1) is 0 Å². The molecule has 2 rings (SSSR count). The van der Waals surface area contributed by atoms with Crippen molar-refractivity contribution in [3.8, 4) is 0 Å². The van der Waals surface area contributed by atoms with E-state index in [9.17, 15) is 0 Å². The third kappa shape index (κ3) is 5.14. The molecule has 1 aromatic rings. The summed E-state index contributed by atoms with van der Waals surface area (Å²) in [6.07, 6.45) is 10.9. The average molecular weight is 297 g/mol. The van der Waals surface area contributed by atoms with Gasteiger partial charge in [0.25, 0.3) is 0 Å². The Kier molecular flexibility index (Phi) is 6.92. The van der Waals surface area contributed by atoms with Crippen molar-refractivity contribution in [1.82, 2.24) is 5.32 Å². The molecule has 1 aliphatic rings. The second-order valence-electron chi connectivity index (χ2n) is 6.68. The van der Waals surface area contributed by atoms with Crippen molar-refractivity contribution in [3.63, 3.8) is 0 Å². The van der Waals surface area contributed by atoms with Gasteiger partial charge >= 0.3 is 0 Å². The minimum Gasteiger partial charge on any atom is -0.313 e.